The zero-order valence-corrected chi connectivity index (χ0v) is 15.3. The van der Waals surface area contributed by atoms with E-state index in [1.807, 2.05) is 36.4 Å². The Labute approximate surface area is 166 Å². The number of allylic oxidation sites excluding steroid dienone is 2. The third-order valence-corrected chi connectivity index (χ3v) is 5.19. The molecule has 29 heavy (non-hydrogen) atoms. The summed E-state index contributed by atoms with van der Waals surface area (Å²) >= 11 is 0. The second kappa shape index (κ2) is 7.31. The van der Waals surface area contributed by atoms with Crippen molar-refractivity contribution in [3.8, 4) is 0 Å². The lowest BCUT2D eigenvalue weighted by Crippen LogP contribution is -2.31. The molecule has 0 saturated heterocycles. The van der Waals surface area contributed by atoms with E-state index in [0.29, 0.717) is 24.0 Å². The summed E-state index contributed by atoms with van der Waals surface area (Å²) in [5.74, 6) is -1.47. The molecule has 0 saturated carbocycles. The lowest BCUT2D eigenvalue weighted by atomic mass is 9.68. The Kier molecular flexibility index (Phi) is 4.68. The molecule has 144 valence electrons. The number of carbonyl (C=O) groups excluding carboxylic acids is 1. The van der Waals surface area contributed by atoms with Gasteiger partial charge in [0.15, 0.2) is 5.69 Å². The highest BCUT2D eigenvalue weighted by atomic mass is 19.1. The first-order valence-corrected chi connectivity index (χ1v) is 9.02. The predicted octanol–water partition coefficient (Wildman–Crippen LogP) is 3.95. The van der Waals surface area contributed by atoms with Crippen LogP contribution in [-0.4, -0.2) is 27.1 Å². The van der Waals surface area contributed by atoms with Gasteiger partial charge in [0, 0.05) is 23.6 Å². The molecule has 0 fully saturated rings. The molecule has 0 amide bonds. The molecule has 6 heteroatoms. The SMILES string of the molecule is O=CC=Cn1nc(C(=O)O)c2c1CC(c1ccccc1)(c1ccc(F)cc1)C=C2. The molecule has 4 rings (SSSR count). The number of carbonyl (C=O) groups is 2. The summed E-state index contributed by atoms with van der Waals surface area (Å²) in [6.07, 6.45) is 7.41. The minimum atomic E-state index is -1.14. The van der Waals surface area contributed by atoms with Gasteiger partial charge in [-0.2, -0.15) is 5.10 Å². The number of nitrogens with zero attached hydrogens (tertiary/aromatic N) is 2. The van der Waals surface area contributed by atoms with E-state index >= 15 is 0 Å². The molecule has 2 aromatic carbocycles. The molecule has 3 aromatic rings. The van der Waals surface area contributed by atoms with Crippen molar-refractivity contribution in [1.82, 2.24) is 9.78 Å². The van der Waals surface area contributed by atoms with Gasteiger partial charge in [0.25, 0.3) is 0 Å². The lowest BCUT2D eigenvalue weighted by molar-refractivity contribution is -0.104. The van der Waals surface area contributed by atoms with Crippen molar-refractivity contribution in [3.63, 3.8) is 0 Å². The molecular formula is C23H17FN2O3. The maximum absolute atomic E-state index is 13.6. The second-order valence-electron chi connectivity index (χ2n) is 6.79. The number of benzene rings is 2. The highest BCUT2D eigenvalue weighted by Gasteiger charge is 2.38. The van der Waals surface area contributed by atoms with Gasteiger partial charge in [-0.15, -0.1) is 0 Å². The first-order chi connectivity index (χ1) is 14.0. The number of aldehydes is 1. The monoisotopic (exact) mass is 388 g/mol. The summed E-state index contributed by atoms with van der Waals surface area (Å²) < 4.78 is 15.0. The third-order valence-electron chi connectivity index (χ3n) is 5.19. The number of hydrogen-bond acceptors (Lipinski definition) is 3. The molecule has 1 atom stereocenters. The molecule has 1 aromatic heterocycles. The average Bonchev–Trinajstić information content (AvgIpc) is 3.11. The summed E-state index contributed by atoms with van der Waals surface area (Å²) in [4.78, 5) is 22.4. The van der Waals surface area contributed by atoms with E-state index < -0.39 is 11.4 Å². The first kappa shape index (κ1) is 18.6. The van der Waals surface area contributed by atoms with Gasteiger partial charge in [0.1, 0.15) is 12.1 Å². The maximum atomic E-state index is 13.6. The van der Waals surface area contributed by atoms with E-state index in [0.717, 1.165) is 11.1 Å². The molecule has 1 N–H and O–H groups in total. The number of aromatic nitrogens is 2. The maximum Gasteiger partial charge on any atom is 0.357 e. The smallest absolute Gasteiger partial charge is 0.357 e. The Balaban J connectivity index is 1.94. The van der Waals surface area contributed by atoms with Crippen molar-refractivity contribution in [2.75, 3.05) is 0 Å². The van der Waals surface area contributed by atoms with E-state index in [9.17, 15) is 19.1 Å². The molecule has 0 aliphatic heterocycles. The van der Waals surface area contributed by atoms with Crippen LogP contribution in [0, 0.1) is 5.82 Å². The standard InChI is InChI=1S/C23H17FN2O3/c24-18-9-7-17(8-10-18)23(16-5-2-1-3-6-16)12-11-19-20(15-23)26(13-4-14-27)25-21(19)22(28)29/h1-14H,15H2,(H,28,29). The van der Waals surface area contributed by atoms with Crippen LogP contribution in [0.15, 0.2) is 66.7 Å². The largest absolute Gasteiger partial charge is 0.476 e. The van der Waals surface area contributed by atoms with E-state index in [4.69, 9.17) is 0 Å². The van der Waals surface area contributed by atoms with Crippen molar-refractivity contribution < 1.29 is 19.1 Å². The molecular weight excluding hydrogens is 371 g/mol. The fourth-order valence-corrected chi connectivity index (χ4v) is 3.83. The Hall–Kier alpha value is -3.80. The van der Waals surface area contributed by atoms with E-state index in [1.54, 1.807) is 18.2 Å². The number of hydrogen-bond donors (Lipinski definition) is 1. The number of fused-ring (bicyclic) bond motifs is 1. The molecule has 0 spiro atoms. The van der Waals surface area contributed by atoms with Crippen LogP contribution in [0.5, 0.6) is 0 Å². The Morgan fingerprint density at radius 3 is 2.45 bits per heavy atom. The fraction of sp³-hybridized carbons (Fsp3) is 0.0870. The summed E-state index contributed by atoms with van der Waals surface area (Å²) in [5.41, 5.74) is 2.31. The van der Waals surface area contributed by atoms with Crippen LogP contribution in [0.1, 0.15) is 32.9 Å². The molecule has 1 aliphatic rings. The van der Waals surface area contributed by atoms with Crippen LogP contribution in [0.2, 0.25) is 0 Å². The van der Waals surface area contributed by atoms with Crippen LogP contribution >= 0.6 is 0 Å². The Morgan fingerprint density at radius 2 is 1.79 bits per heavy atom. The third kappa shape index (κ3) is 3.18. The van der Waals surface area contributed by atoms with Gasteiger partial charge in [-0.1, -0.05) is 54.6 Å². The van der Waals surface area contributed by atoms with Crippen molar-refractivity contribution in [1.29, 1.82) is 0 Å². The molecule has 1 aliphatic carbocycles. The first-order valence-electron chi connectivity index (χ1n) is 9.02. The number of halogens is 1. The van der Waals surface area contributed by atoms with Crippen LogP contribution < -0.4 is 0 Å². The molecule has 0 bridgehead atoms. The second-order valence-corrected chi connectivity index (χ2v) is 6.79. The zero-order chi connectivity index (χ0) is 20.4. The van der Waals surface area contributed by atoms with Gasteiger partial charge >= 0.3 is 5.97 Å². The molecule has 5 nitrogen and oxygen atoms in total. The minimum Gasteiger partial charge on any atom is -0.476 e. The summed E-state index contributed by atoms with van der Waals surface area (Å²) in [6, 6.07) is 16.0. The van der Waals surface area contributed by atoms with Crippen LogP contribution in [0.25, 0.3) is 12.3 Å². The quantitative estimate of drug-likeness (QED) is 0.531. The molecule has 1 unspecified atom stereocenters. The summed E-state index contributed by atoms with van der Waals surface area (Å²) in [6.45, 7) is 0. The van der Waals surface area contributed by atoms with Crippen LogP contribution in [0.4, 0.5) is 4.39 Å². The van der Waals surface area contributed by atoms with Crippen molar-refractivity contribution in [2.24, 2.45) is 0 Å². The molecule has 0 radical (unpaired) electrons. The molecule has 1 heterocycles. The fourth-order valence-electron chi connectivity index (χ4n) is 3.83. The van der Waals surface area contributed by atoms with Crippen molar-refractivity contribution in [3.05, 3.63) is 101 Å². The predicted molar refractivity (Wildman–Crippen MR) is 107 cm³/mol. The van der Waals surface area contributed by atoms with Crippen molar-refractivity contribution >= 4 is 24.5 Å². The van der Waals surface area contributed by atoms with Gasteiger partial charge in [-0.25, -0.2) is 13.9 Å². The summed E-state index contributed by atoms with van der Waals surface area (Å²) in [7, 11) is 0. The Bertz CT molecular complexity index is 1130. The Morgan fingerprint density at radius 1 is 1.10 bits per heavy atom. The highest BCUT2D eigenvalue weighted by Crippen LogP contribution is 2.42. The minimum absolute atomic E-state index is 0.0763. The van der Waals surface area contributed by atoms with E-state index in [2.05, 4.69) is 5.10 Å². The van der Waals surface area contributed by atoms with E-state index in [-0.39, 0.29) is 11.5 Å². The van der Waals surface area contributed by atoms with Gasteiger partial charge in [0.2, 0.25) is 0 Å². The van der Waals surface area contributed by atoms with E-state index in [1.165, 1.54) is 29.1 Å². The number of carboxylic acid groups (broad SMARTS) is 1. The number of rotatable bonds is 5. The van der Waals surface area contributed by atoms with Gasteiger partial charge in [-0.3, -0.25) is 4.79 Å². The summed E-state index contributed by atoms with van der Waals surface area (Å²) in [5, 5.41) is 13.7. The topological polar surface area (TPSA) is 72.2 Å². The normalized spacial score (nSPS) is 18.0. The highest BCUT2D eigenvalue weighted by molar-refractivity contribution is 5.91. The lowest BCUT2D eigenvalue weighted by Gasteiger charge is -2.35. The number of carboxylic acids is 1. The average molecular weight is 388 g/mol. The number of aromatic carboxylic acids is 1. The van der Waals surface area contributed by atoms with Crippen molar-refractivity contribution in [2.45, 2.75) is 11.8 Å². The van der Waals surface area contributed by atoms with Gasteiger partial charge in [0.05, 0.1) is 5.69 Å². The van der Waals surface area contributed by atoms with Crippen LogP contribution in [0.3, 0.4) is 0 Å². The van der Waals surface area contributed by atoms with Gasteiger partial charge < -0.3 is 5.11 Å². The zero-order valence-electron chi connectivity index (χ0n) is 15.3. The van der Waals surface area contributed by atoms with Gasteiger partial charge in [-0.05, 0) is 29.3 Å². The van der Waals surface area contributed by atoms with Crippen LogP contribution in [-0.2, 0) is 16.6 Å².